The maximum Gasteiger partial charge on any atom is 0.224 e. The second-order valence-corrected chi connectivity index (χ2v) is 7.25. The van der Waals surface area contributed by atoms with Crippen molar-refractivity contribution in [3.8, 4) is 0 Å². The SMILES string of the molecule is C[C@H]1CNCC[C@H]1NC(=O)Cc1ccc2c(c1)c1ccccc1n2C. The minimum Gasteiger partial charge on any atom is -0.353 e. The summed E-state index contributed by atoms with van der Waals surface area (Å²) in [5.74, 6) is 0.608. The summed E-state index contributed by atoms with van der Waals surface area (Å²) in [4.78, 5) is 12.5. The Labute approximate surface area is 148 Å². The van der Waals surface area contributed by atoms with E-state index < -0.39 is 0 Å². The minimum atomic E-state index is 0.123. The standard InChI is InChI=1S/C21H25N3O/c1-14-13-22-10-9-18(14)23-21(25)12-15-7-8-20-17(11-15)16-5-3-4-6-19(16)24(20)2/h3-8,11,14,18,22H,9-10,12-13H2,1-2H3,(H,23,25)/t14-,18+/m0/s1. The third-order valence-corrected chi connectivity index (χ3v) is 5.47. The smallest absolute Gasteiger partial charge is 0.224 e. The van der Waals surface area contributed by atoms with Crippen LogP contribution in [0.25, 0.3) is 21.8 Å². The molecule has 2 aromatic carbocycles. The van der Waals surface area contributed by atoms with Crippen LogP contribution in [0.4, 0.5) is 0 Å². The molecule has 1 aliphatic heterocycles. The van der Waals surface area contributed by atoms with Gasteiger partial charge in [-0.2, -0.15) is 0 Å². The number of nitrogens with one attached hydrogen (secondary N) is 2. The van der Waals surface area contributed by atoms with Crippen LogP contribution in [0.3, 0.4) is 0 Å². The van der Waals surface area contributed by atoms with Gasteiger partial charge in [0.2, 0.25) is 5.91 Å². The molecule has 4 heteroatoms. The first-order chi connectivity index (χ1) is 12.1. The molecule has 1 fully saturated rings. The highest BCUT2D eigenvalue weighted by molar-refractivity contribution is 6.08. The molecular formula is C21H25N3O. The molecule has 3 aromatic rings. The van der Waals surface area contributed by atoms with Crippen molar-refractivity contribution in [2.45, 2.75) is 25.8 Å². The third kappa shape index (κ3) is 3.02. The lowest BCUT2D eigenvalue weighted by Gasteiger charge is -2.30. The second kappa shape index (κ2) is 6.52. The number of hydrogen-bond acceptors (Lipinski definition) is 2. The first-order valence-corrected chi connectivity index (χ1v) is 9.09. The van der Waals surface area contributed by atoms with Crippen LogP contribution in [0.5, 0.6) is 0 Å². The van der Waals surface area contributed by atoms with Crippen molar-refractivity contribution in [2.24, 2.45) is 13.0 Å². The molecule has 0 saturated carbocycles. The summed E-state index contributed by atoms with van der Waals surface area (Å²) < 4.78 is 2.21. The Morgan fingerprint density at radius 2 is 2.00 bits per heavy atom. The number of para-hydroxylation sites is 1. The van der Waals surface area contributed by atoms with Gasteiger partial charge in [0.05, 0.1) is 6.42 Å². The average Bonchev–Trinajstić information content (AvgIpc) is 2.90. The number of amides is 1. The average molecular weight is 335 g/mol. The number of carbonyl (C=O) groups excluding carboxylic acids is 1. The van der Waals surface area contributed by atoms with Gasteiger partial charge in [0.25, 0.3) is 0 Å². The minimum absolute atomic E-state index is 0.123. The fraction of sp³-hybridized carbons (Fsp3) is 0.381. The Kier molecular flexibility index (Phi) is 4.22. The number of carbonyl (C=O) groups is 1. The van der Waals surface area contributed by atoms with Crippen LogP contribution in [0.2, 0.25) is 0 Å². The predicted molar refractivity (Wildman–Crippen MR) is 103 cm³/mol. The van der Waals surface area contributed by atoms with Crippen LogP contribution in [0, 0.1) is 5.92 Å². The summed E-state index contributed by atoms with van der Waals surface area (Å²) >= 11 is 0. The lowest BCUT2D eigenvalue weighted by molar-refractivity contribution is -0.121. The summed E-state index contributed by atoms with van der Waals surface area (Å²) in [7, 11) is 2.09. The van der Waals surface area contributed by atoms with Gasteiger partial charge in [-0.05, 0) is 49.2 Å². The number of nitrogens with zero attached hydrogens (tertiary/aromatic N) is 1. The Hall–Kier alpha value is -2.33. The van der Waals surface area contributed by atoms with Crippen LogP contribution < -0.4 is 10.6 Å². The summed E-state index contributed by atoms with van der Waals surface area (Å²) in [6.07, 6.45) is 1.45. The van der Waals surface area contributed by atoms with Gasteiger partial charge in [-0.1, -0.05) is 31.2 Å². The zero-order valence-corrected chi connectivity index (χ0v) is 14.9. The van der Waals surface area contributed by atoms with Gasteiger partial charge < -0.3 is 15.2 Å². The zero-order chi connectivity index (χ0) is 17.4. The molecule has 4 rings (SSSR count). The molecule has 1 aliphatic rings. The summed E-state index contributed by atoms with van der Waals surface area (Å²) in [6.45, 7) is 4.16. The van der Waals surface area contributed by atoms with Gasteiger partial charge in [0, 0.05) is 34.9 Å². The Morgan fingerprint density at radius 1 is 1.20 bits per heavy atom. The van der Waals surface area contributed by atoms with E-state index in [0.717, 1.165) is 25.1 Å². The van der Waals surface area contributed by atoms with Crippen molar-refractivity contribution in [1.82, 2.24) is 15.2 Å². The van der Waals surface area contributed by atoms with Crippen molar-refractivity contribution < 1.29 is 4.79 Å². The fourth-order valence-electron chi connectivity index (χ4n) is 4.00. The molecule has 1 aromatic heterocycles. The Balaban J connectivity index is 1.57. The molecule has 0 spiro atoms. The van der Waals surface area contributed by atoms with Crippen LogP contribution in [-0.4, -0.2) is 29.6 Å². The van der Waals surface area contributed by atoms with Gasteiger partial charge in [-0.3, -0.25) is 4.79 Å². The first-order valence-electron chi connectivity index (χ1n) is 9.09. The van der Waals surface area contributed by atoms with E-state index in [1.54, 1.807) is 0 Å². The molecule has 0 bridgehead atoms. The summed E-state index contributed by atoms with van der Waals surface area (Å²) in [5.41, 5.74) is 3.50. The Bertz CT molecular complexity index is 927. The number of hydrogen-bond donors (Lipinski definition) is 2. The van der Waals surface area contributed by atoms with Crippen LogP contribution in [0.15, 0.2) is 42.5 Å². The molecule has 4 nitrogen and oxygen atoms in total. The molecule has 25 heavy (non-hydrogen) atoms. The van der Waals surface area contributed by atoms with Crippen LogP contribution >= 0.6 is 0 Å². The van der Waals surface area contributed by atoms with E-state index in [1.165, 1.54) is 21.8 Å². The number of benzene rings is 2. The van der Waals surface area contributed by atoms with Crippen molar-refractivity contribution in [1.29, 1.82) is 0 Å². The van der Waals surface area contributed by atoms with E-state index >= 15 is 0 Å². The molecule has 0 unspecified atom stereocenters. The van der Waals surface area contributed by atoms with Gasteiger partial charge in [0.15, 0.2) is 0 Å². The monoisotopic (exact) mass is 335 g/mol. The van der Waals surface area contributed by atoms with Gasteiger partial charge in [-0.25, -0.2) is 0 Å². The lowest BCUT2D eigenvalue weighted by Crippen LogP contribution is -2.48. The van der Waals surface area contributed by atoms with Crippen molar-refractivity contribution >= 4 is 27.7 Å². The number of fused-ring (bicyclic) bond motifs is 3. The van der Waals surface area contributed by atoms with Crippen molar-refractivity contribution in [2.75, 3.05) is 13.1 Å². The number of piperidine rings is 1. The van der Waals surface area contributed by atoms with Crippen molar-refractivity contribution in [3.63, 3.8) is 0 Å². The Morgan fingerprint density at radius 3 is 2.84 bits per heavy atom. The van der Waals surface area contributed by atoms with E-state index in [1.807, 2.05) is 0 Å². The van der Waals surface area contributed by atoms with Crippen LogP contribution in [0.1, 0.15) is 18.9 Å². The quantitative estimate of drug-likeness (QED) is 0.773. The van der Waals surface area contributed by atoms with E-state index in [9.17, 15) is 4.79 Å². The van der Waals surface area contributed by atoms with E-state index in [-0.39, 0.29) is 11.9 Å². The summed E-state index contributed by atoms with van der Waals surface area (Å²) in [5, 5.41) is 9.06. The molecule has 2 atom stereocenters. The molecule has 0 aliphatic carbocycles. The van der Waals surface area contributed by atoms with Crippen LogP contribution in [-0.2, 0) is 18.3 Å². The fourth-order valence-corrected chi connectivity index (χ4v) is 4.00. The lowest BCUT2D eigenvalue weighted by atomic mass is 9.95. The van der Waals surface area contributed by atoms with Gasteiger partial charge >= 0.3 is 0 Å². The van der Waals surface area contributed by atoms with Gasteiger partial charge in [-0.15, -0.1) is 0 Å². The molecule has 2 heterocycles. The maximum atomic E-state index is 12.5. The third-order valence-electron chi connectivity index (χ3n) is 5.47. The summed E-state index contributed by atoms with van der Waals surface area (Å²) in [6, 6.07) is 15.1. The first kappa shape index (κ1) is 16.2. The number of aryl methyl sites for hydroxylation is 1. The van der Waals surface area contributed by atoms with Gasteiger partial charge in [0.1, 0.15) is 0 Å². The molecule has 1 saturated heterocycles. The predicted octanol–water partition coefficient (Wildman–Crippen LogP) is 2.99. The normalized spacial score (nSPS) is 20.9. The van der Waals surface area contributed by atoms with Crippen molar-refractivity contribution in [3.05, 3.63) is 48.0 Å². The maximum absolute atomic E-state index is 12.5. The molecule has 130 valence electrons. The van der Waals surface area contributed by atoms with E-state index in [4.69, 9.17) is 0 Å². The second-order valence-electron chi connectivity index (χ2n) is 7.25. The zero-order valence-electron chi connectivity index (χ0n) is 14.9. The highest BCUT2D eigenvalue weighted by atomic mass is 16.1. The molecular weight excluding hydrogens is 310 g/mol. The molecule has 1 amide bonds. The highest BCUT2D eigenvalue weighted by Crippen LogP contribution is 2.28. The highest BCUT2D eigenvalue weighted by Gasteiger charge is 2.22. The topological polar surface area (TPSA) is 46.1 Å². The number of rotatable bonds is 3. The molecule has 2 N–H and O–H groups in total. The van der Waals surface area contributed by atoms with E-state index in [2.05, 4.69) is 71.6 Å². The number of aromatic nitrogens is 1. The largest absolute Gasteiger partial charge is 0.353 e. The molecule has 0 radical (unpaired) electrons. The van der Waals surface area contributed by atoms with E-state index in [0.29, 0.717) is 12.3 Å².